The zero-order valence-electron chi connectivity index (χ0n) is 13.1. The van der Waals surface area contributed by atoms with E-state index in [-0.39, 0.29) is 31.4 Å². The fourth-order valence-corrected chi connectivity index (χ4v) is 2.86. The number of nitrogens with one attached hydrogen (secondary N) is 2. The number of carbonyl (C=O) groups is 2. The number of ether oxygens (including phenoxy) is 2. The van der Waals surface area contributed by atoms with Crippen LogP contribution in [0.3, 0.4) is 0 Å². The largest absolute Gasteiger partial charge is 0.485 e. The normalized spacial score (nSPS) is 15.6. The molecule has 7 nitrogen and oxygen atoms in total. The first-order chi connectivity index (χ1) is 11.6. The van der Waals surface area contributed by atoms with Gasteiger partial charge < -0.3 is 20.1 Å². The van der Waals surface area contributed by atoms with E-state index in [0.717, 1.165) is 5.69 Å². The smallest absolute Gasteiger partial charge is 0.264 e. The van der Waals surface area contributed by atoms with E-state index in [1.807, 2.05) is 24.4 Å². The highest BCUT2D eigenvalue weighted by molar-refractivity contribution is 7.13. The third-order valence-corrected chi connectivity index (χ3v) is 4.19. The number of aryl methyl sites for hydroxylation is 1. The molecule has 1 atom stereocenters. The van der Waals surface area contributed by atoms with E-state index in [4.69, 9.17) is 9.47 Å². The summed E-state index contributed by atoms with van der Waals surface area (Å²) in [4.78, 5) is 28.0. The number of rotatable bonds is 5. The molecule has 0 unspecified atom stereocenters. The maximum atomic E-state index is 12.1. The molecule has 1 aromatic heterocycles. The molecule has 24 heavy (non-hydrogen) atoms. The number of fused-ring (bicyclic) bond motifs is 1. The summed E-state index contributed by atoms with van der Waals surface area (Å²) in [7, 11) is 0. The van der Waals surface area contributed by atoms with E-state index in [1.165, 1.54) is 11.3 Å². The minimum Gasteiger partial charge on any atom is -0.485 e. The molecule has 0 spiro atoms. The molecule has 0 fully saturated rings. The highest BCUT2D eigenvalue weighted by atomic mass is 32.1. The highest BCUT2D eigenvalue weighted by Gasteiger charge is 2.26. The van der Waals surface area contributed by atoms with E-state index in [9.17, 15) is 9.59 Å². The minimum absolute atomic E-state index is 0.146. The molecule has 1 aliphatic rings. The Morgan fingerprint density at radius 2 is 2.12 bits per heavy atom. The molecule has 0 bridgehead atoms. The number of aromatic nitrogens is 1. The maximum Gasteiger partial charge on any atom is 0.264 e. The summed E-state index contributed by atoms with van der Waals surface area (Å²) in [5, 5.41) is 7.79. The Balaban J connectivity index is 1.42. The van der Waals surface area contributed by atoms with Gasteiger partial charge in [0.1, 0.15) is 6.61 Å². The SMILES string of the molecule is Cc1csc(NC(=O)CCNC(=O)[C@H]2COc3ccccc3O2)n1. The molecule has 8 heteroatoms. The van der Waals surface area contributed by atoms with Gasteiger partial charge in [0.25, 0.3) is 5.91 Å². The summed E-state index contributed by atoms with van der Waals surface area (Å²) < 4.78 is 11.1. The van der Waals surface area contributed by atoms with Crippen LogP contribution in [0, 0.1) is 6.92 Å². The maximum absolute atomic E-state index is 12.1. The fraction of sp³-hybridized carbons (Fsp3) is 0.312. The van der Waals surface area contributed by atoms with Crippen LogP contribution in [0.5, 0.6) is 11.5 Å². The summed E-state index contributed by atoms with van der Waals surface area (Å²) in [5.74, 6) is 0.665. The van der Waals surface area contributed by atoms with Crippen LogP contribution >= 0.6 is 11.3 Å². The number of para-hydroxylation sites is 2. The zero-order valence-corrected chi connectivity index (χ0v) is 13.9. The van der Waals surface area contributed by atoms with Crippen LogP contribution in [0.1, 0.15) is 12.1 Å². The second kappa shape index (κ2) is 7.31. The standard InChI is InChI=1S/C16H17N3O4S/c1-10-9-24-16(18-10)19-14(20)6-7-17-15(21)13-8-22-11-4-2-3-5-12(11)23-13/h2-5,9,13H,6-8H2,1H3,(H,17,21)(H,18,19,20)/t13-/m1/s1. The number of benzene rings is 1. The van der Waals surface area contributed by atoms with E-state index in [2.05, 4.69) is 15.6 Å². The first-order valence-electron chi connectivity index (χ1n) is 7.50. The lowest BCUT2D eigenvalue weighted by Gasteiger charge is -2.25. The summed E-state index contributed by atoms with van der Waals surface area (Å²) >= 11 is 1.37. The molecule has 0 aliphatic carbocycles. The van der Waals surface area contributed by atoms with Crippen molar-refractivity contribution in [2.45, 2.75) is 19.4 Å². The van der Waals surface area contributed by atoms with Crippen LogP contribution in [-0.2, 0) is 9.59 Å². The molecular weight excluding hydrogens is 330 g/mol. The van der Waals surface area contributed by atoms with Gasteiger partial charge in [-0.25, -0.2) is 4.98 Å². The van der Waals surface area contributed by atoms with Gasteiger partial charge in [-0.3, -0.25) is 9.59 Å². The van der Waals surface area contributed by atoms with Crippen molar-refractivity contribution < 1.29 is 19.1 Å². The third-order valence-electron chi connectivity index (χ3n) is 3.32. The lowest BCUT2D eigenvalue weighted by Crippen LogP contribution is -2.44. The summed E-state index contributed by atoms with van der Waals surface area (Å²) in [6.45, 7) is 2.22. The molecule has 2 N–H and O–H groups in total. The van der Waals surface area contributed by atoms with Gasteiger partial charge in [0, 0.05) is 18.3 Å². The van der Waals surface area contributed by atoms with E-state index in [0.29, 0.717) is 16.6 Å². The monoisotopic (exact) mass is 347 g/mol. The van der Waals surface area contributed by atoms with E-state index < -0.39 is 6.10 Å². The van der Waals surface area contributed by atoms with Crippen molar-refractivity contribution in [3.63, 3.8) is 0 Å². The van der Waals surface area contributed by atoms with Crippen LogP contribution in [0.2, 0.25) is 0 Å². The number of amides is 2. The molecule has 0 radical (unpaired) electrons. The van der Waals surface area contributed by atoms with Gasteiger partial charge in [0.05, 0.1) is 5.69 Å². The van der Waals surface area contributed by atoms with Crippen LogP contribution in [-0.4, -0.2) is 36.1 Å². The Labute approximate surface area is 143 Å². The average Bonchev–Trinajstić information content (AvgIpc) is 2.99. The Morgan fingerprint density at radius 1 is 1.33 bits per heavy atom. The molecule has 126 valence electrons. The second-order valence-corrected chi connectivity index (χ2v) is 6.11. The first-order valence-corrected chi connectivity index (χ1v) is 8.38. The zero-order chi connectivity index (χ0) is 16.9. The van der Waals surface area contributed by atoms with Gasteiger partial charge in [-0.2, -0.15) is 0 Å². The number of hydrogen-bond acceptors (Lipinski definition) is 6. The molecule has 2 amide bonds. The predicted molar refractivity (Wildman–Crippen MR) is 89.5 cm³/mol. The molecule has 3 rings (SSSR count). The van der Waals surface area contributed by atoms with Crippen molar-refractivity contribution >= 4 is 28.3 Å². The summed E-state index contributed by atoms with van der Waals surface area (Å²) in [6.07, 6.45) is -0.557. The summed E-state index contributed by atoms with van der Waals surface area (Å²) in [6, 6.07) is 7.19. The highest BCUT2D eigenvalue weighted by Crippen LogP contribution is 2.30. The molecule has 0 saturated heterocycles. The minimum atomic E-state index is -0.718. The first kappa shape index (κ1) is 16.3. The van der Waals surface area contributed by atoms with Gasteiger partial charge in [0.2, 0.25) is 12.0 Å². The van der Waals surface area contributed by atoms with Crippen LogP contribution in [0.25, 0.3) is 0 Å². The van der Waals surface area contributed by atoms with Crippen LogP contribution < -0.4 is 20.1 Å². The van der Waals surface area contributed by atoms with E-state index in [1.54, 1.807) is 12.1 Å². The van der Waals surface area contributed by atoms with Crippen molar-refractivity contribution in [1.82, 2.24) is 10.3 Å². The average molecular weight is 347 g/mol. The number of anilines is 1. The number of nitrogens with zero attached hydrogens (tertiary/aromatic N) is 1. The molecule has 1 aliphatic heterocycles. The van der Waals surface area contributed by atoms with E-state index >= 15 is 0 Å². The number of hydrogen-bond donors (Lipinski definition) is 2. The quantitative estimate of drug-likeness (QED) is 0.860. The predicted octanol–water partition coefficient (Wildman–Crippen LogP) is 1.74. The van der Waals surface area contributed by atoms with Crippen LogP contribution in [0.4, 0.5) is 5.13 Å². The van der Waals surface area contributed by atoms with Crippen molar-refractivity contribution in [2.75, 3.05) is 18.5 Å². The third kappa shape index (κ3) is 4.02. The van der Waals surface area contributed by atoms with Gasteiger partial charge in [-0.1, -0.05) is 12.1 Å². The van der Waals surface area contributed by atoms with Crippen molar-refractivity contribution in [2.24, 2.45) is 0 Å². The van der Waals surface area contributed by atoms with Crippen molar-refractivity contribution in [3.05, 3.63) is 35.3 Å². The Hall–Kier alpha value is -2.61. The molecule has 2 aromatic rings. The molecule has 1 aromatic carbocycles. The lowest BCUT2D eigenvalue weighted by atomic mass is 10.2. The lowest BCUT2D eigenvalue weighted by molar-refractivity contribution is -0.130. The van der Waals surface area contributed by atoms with Gasteiger partial charge in [-0.15, -0.1) is 11.3 Å². The Morgan fingerprint density at radius 3 is 2.88 bits per heavy atom. The second-order valence-electron chi connectivity index (χ2n) is 5.25. The van der Waals surface area contributed by atoms with Crippen LogP contribution in [0.15, 0.2) is 29.6 Å². The van der Waals surface area contributed by atoms with Gasteiger partial charge >= 0.3 is 0 Å². The topological polar surface area (TPSA) is 89.6 Å². The molecule has 2 heterocycles. The van der Waals surface area contributed by atoms with Crippen molar-refractivity contribution in [3.8, 4) is 11.5 Å². The van der Waals surface area contributed by atoms with Crippen molar-refractivity contribution in [1.29, 1.82) is 0 Å². The fourth-order valence-electron chi connectivity index (χ4n) is 2.15. The van der Waals surface area contributed by atoms with Gasteiger partial charge in [0.15, 0.2) is 16.6 Å². The number of thiazole rings is 1. The number of carbonyl (C=O) groups excluding carboxylic acids is 2. The molecule has 0 saturated carbocycles. The Kier molecular flexibility index (Phi) is 4.95. The molecular formula is C16H17N3O4S. The summed E-state index contributed by atoms with van der Waals surface area (Å²) in [5.41, 5.74) is 0.860. The Bertz CT molecular complexity index is 746. The van der Waals surface area contributed by atoms with Gasteiger partial charge in [-0.05, 0) is 19.1 Å².